The van der Waals surface area contributed by atoms with Gasteiger partial charge in [0.25, 0.3) is 11.5 Å². The smallest absolute Gasteiger partial charge is 0.257 e. The molecule has 134 valence electrons. The van der Waals surface area contributed by atoms with E-state index in [0.717, 1.165) is 10.9 Å². The third kappa shape index (κ3) is 3.61. The molecule has 0 unspecified atom stereocenters. The van der Waals surface area contributed by atoms with Crippen molar-refractivity contribution in [3.63, 3.8) is 0 Å². The quantitative estimate of drug-likeness (QED) is 0.739. The number of rotatable bonds is 6. The van der Waals surface area contributed by atoms with E-state index in [1.807, 2.05) is 56.3 Å². The molecule has 0 fully saturated rings. The lowest BCUT2D eigenvalue weighted by atomic mass is 10.1. The van der Waals surface area contributed by atoms with E-state index in [1.54, 1.807) is 17.0 Å². The average molecular weight is 350 g/mol. The van der Waals surface area contributed by atoms with Gasteiger partial charge in [0.15, 0.2) is 0 Å². The van der Waals surface area contributed by atoms with E-state index in [0.29, 0.717) is 30.0 Å². The number of pyridine rings is 1. The zero-order valence-electron chi connectivity index (χ0n) is 15.0. The van der Waals surface area contributed by atoms with E-state index in [1.165, 1.54) is 0 Å². The van der Waals surface area contributed by atoms with Crippen LogP contribution in [0.1, 0.15) is 29.8 Å². The van der Waals surface area contributed by atoms with Crippen LogP contribution in [-0.4, -0.2) is 28.9 Å². The molecule has 5 heteroatoms. The number of aromatic nitrogens is 1. The van der Waals surface area contributed by atoms with Crippen molar-refractivity contribution < 1.29 is 9.53 Å². The molecule has 0 atom stereocenters. The minimum Gasteiger partial charge on any atom is -0.493 e. The molecule has 5 nitrogen and oxygen atoms in total. The summed E-state index contributed by atoms with van der Waals surface area (Å²) in [5, 5.41) is 0.945. The predicted octanol–water partition coefficient (Wildman–Crippen LogP) is 3.59. The number of aromatic amines is 1. The second kappa shape index (κ2) is 7.87. The van der Waals surface area contributed by atoms with Gasteiger partial charge in [0, 0.05) is 17.6 Å². The van der Waals surface area contributed by atoms with Gasteiger partial charge in [0.1, 0.15) is 5.75 Å². The zero-order chi connectivity index (χ0) is 18.5. The van der Waals surface area contributed by atoms with E-state index in [2.05, 4.69) is 4.98 Å². The Morgan fingerprint density at radius 3 is 2.58 bits per heavy atom. The second-order valence-electron chi connectivity index (χ2n) is 5.96. The van der Waals surface area contributed by atoms with Crippen LogP contribution in [0.25, 0.3) is 10.9 Å². The number of amides is 1. The third-order valence-electron chi connectivity index (χ3n) is 4.28. The first-order valence-electron chi connectivity index (χ1n) is 8.76. The molecule has 1 aromatic heterocycles. The average Bonchev–Trinajstić information content (AvgIpc) is 2.66. The summed E-state index contributed by atoms with van der Waals surface area (Å²) < 4.78 is 5.57. The minimum absolute atomic E-state index is 0.149. The SMILES string of the molecule is CCOc1ccccc1C(=O)N(CC)Cc1cc2ccccc2[nH]c1=O. The van der Waals surface area contributed by atoms with Gasteiger partial charge in [-0.2, -0.15) is 0 Å². The van der Waals surface area contributed by atoms with Crippen molar-refractivity contribution in [1.82, 2.24) is 9.88 Å². The number of fused-ring (bicyclic) bond motifs is 1. The first kappa shape index (κ1) is 17.7. The monoisotopic (exact) mass is 350 g/mol. The summed E-state index contributed by atoms with van der Waals surface area (Å²) in [4.78, 5) is 29.9. The topological polar surface area (TPSA) is 62.4 Å². The molecule has 0 aliphatic rings. The van der Waals surface area contributed by atoms with Gasteiger partial charge in [0.05, 0.1) is 18.7 Å². The maximum Gasteiger partial charge on any atom is 0.257 e. The molecule has 1 amide bonds. The van der Waals surface area contributed by atoms with Crippen LogP contribution in [0.3, 0.4) is 0 Å². The fourth-order valence-corrected chi connectivity index (χ4v) is 2.94. The summed E-state index contributed by atoms with van der Waals surface area (Å²) in [5.74, 6) is 0.412. The third-order valence-corrected chi connectivity index (χ3v) is 4.28. The number of ether oxygens (including phenoxy) is 1. The van der Waals surface area contributed by atoms with Crippen LogP contribution < -0.4 is 10.3 Å². The van der Waals surface area contributed by atoms with Gasteiger partial charge >= 0.3 is 0 Å². The Hall–Kier alpha value is -3.08. The second-order valence-corrected chi connectivity index (χ2v) is 5.96. The molecule has 1 N–H and O–H groups in total. The highest BCUT2D eigenvalue weighted by Crippen LogP contribution is 2.21. The summed E-state index contributed by atoms with van der Waals surface area (Å²) in [6, 6.07) is 16.6. The first-order valence-corrected chi connectivity index (χ1v) is 8.76. The van der Waals surface area contributed by atoms with E-state index < -0.39 is 0 Å². The molecule has 0 spiro atoms. The lowest BCUT2D eigenvalue weighted by molar-refractivity contribution is 0.0748. The fourth-order valence-electron chi connectivity index (χ4n) is 2.94. The number of H-pyrrole nitrogens is 1. The summed E-state index contributed by atoms with van der Waals surface area (Å²) in [5.41, 5.74) is 1.69. The number of hydrogen-bond donors (Lipinski definition) is 1. The highest BCUT2D eigenvalue weighted by molar-refractivity contribution is 5.97. The number of benzene rings is 2. The number of hydrogen-bond acceptors (Lipinski definition) is 3. The Morgan fingerprint density at radius 2 is 1.81 bits per heavy atom. The van der Waals surface area contributed by atoms with Crippen LogP contribution in [0, 0.1) is 0 Å². The molecule has 2 aromatic carbocycles. The van der Waals surface area contributed by atoms with Crippen LogP contribution in [0.15, 0.2) is 59.4 Å². The van der Waals surface area contributed by atoms with E-state index in [-0.39, 0.29) is 18.0 Å². The standard InChI is InChI=1S/C21H22N2O3/c1-3-23(21(25)17-10-6-8-12-19(17)26-4-2)14-16-13-15-9-5-7-11-18(15)22-20(16)24/h5-13H,3-4,14H2,1-2H3,(H,22,24). The molecule has 0 aliphatic heterocycles. The summed E-state index contributed by atoms with van der Waals surface area (Å²) >= 11 is 0. The van der Waals surface area contributed by atoms with Crippen LogP contribution in [0.4, 0.5) is 0 Å². The fraction of sp³-hybridized carbons (Fsp3) is 0.238. The van der Waals surface area contributed by atoms with Crippen LogP contribution in [-0.2, 0) is 6.54 Å². The molecule has 0 bridgehead atoms. The van der Waals surface area contributed by atoms with Gasteiger partial charge in [-0.1, -0.05) is 30.3 Å². The Labute approximate surface area is 152 Å². The molecular formula is C21H22N2O3. The van der Waals surface area contributed by atoms with Crippen molar-refractivity contribution in [2.24, 2.45) is 0 Å². The molecule has 0 saturated carbocycles. The Kier molecular flexibility index (Phi) is 5.37. The lowest BCUT2D eigenvalue weighted by Gasteiger charge is -2.22. The van der Waals surface area contributed by atoms with Crippen molar-refractivity contribution in [1.29, 1.82) is 0 Å². The van der Waals surface area contributed by atoms with Gasteiger partial charge in [-0.15, -0.1) is 0 Å². The van der Waals surface area contributed by atoms with Crippen molar-refractivity contribution >= 4 is 16.8 Å². The lowest BCUT2D eigenvalue weighted by Crippen LogP contribution is -2.33. The summed E-state index contributed by atoms with van der Waals surface area (Å²) in [7, 11) is 0. The first-order chi connectivity index (χ1) is 12.6. The molecule has 0 saturated heterocycles. The molecular weight excluding hydrogens is 328 g/mol. The van der Waals surface area contributed by atoms with Crippen LogP contribution in [0.2, 0.25) is 0 Å². The minimum atomic E-state index is -0.173. The van der Waals surface area contributed by atoms with E-state index in [4.69, 9.17) is 4.74 Å². The zero-order valence-corrected chi connectivity index (χ0v) is 15.0. The highest BCUT2D eigenvalue weighted by Gasteiger charge is 2.19. The van der Waals surface area contributed by atoms with Crippen LogP contribution >= 0.6 is 0 Å². The van der Waals surface area contributed by atoms with Crippen molar-refractivity contribution in [3.05, 3.63) is 76.1 Å². The molecule has 3 rings (SSSR count). The maximum absolute atomic E-state index is 13.0. The normalized spacial score (nSPS) is 10.7. The summed E-state index contributed by atoms with van der Waals surface area (Å²) in [6.07, 6.45) is 0. The Bertz CT molecular complexity index is 978. The van der Waals surface area contributed by atoms with Gasteiger partial charge in [-0.25, -0.2) is 0 Å². The van der Waals surface area contributed by atoms with Gasteiger partial charge in [-0.3, -0.25) is 9.59 Å². The Balaban J connectivity index is 1.92. The summed E-state index contributed by atoms with van der Waals surface area (Å²) in [6.45, 7) is 5.01. The molecule has 3 aromatic rings. The van der Waals surface area contributed by atoms with Gasteiger partial charge < -0.3 is 14.6 Å². The van der Waals surface area contributed by atoms with Crippen molar-refractivity contribution in [2.75, 3.05) is 13.2 Å². The van der Waals surface area contributed by atoms with Gasteiger partial charge in [0.2, 0.25) is 0 Å². The van der Waals surface area contributed by atoms with E-state index in [9.17, 15) is 9.59 Å². The van der Waals surface area contributed by atoms with Gasteiger partial charge in [-0.05, 0) is 43.5 Å². The van der Waals surface area contributed by atoms with Crippen molar-refractivity contribution in [2.45, 2.75) is 20.4 Å². The highest BCUT2D eigenvalue weighted by atomic mass is 16.5. The molecule has 26 heavy (non-hydrogen) atoms. The van der Waals surface area contributed by atoms with Crippen molar-refractivity contribution in [3.8, 4) is 5.75 Å². The number of carbonyl (C=O) groups excluding carboxylic acids is 1. The van der Waals surface area contributed by atoms with Crippen LogP contribution in [0.5, 0.6) is 5.75 Å². The number of nitrogens with zero attached hydrogens (tertiary/aromatic N) is 1. The molecule has 0 radical (unpaired) electrons. The number of nitrogens with one attached hydrogen (secondary N) is 1. The number of carbonyl (C=O) groups is 1. The molecule has 1 heterocycles. The maximum atomic E-state index is 13.0. The largest absolute Gasteiger partial charge is 0.493 e. The Morgan fingerprint density at radius 1 is 1.08 bits per heavy atom. The van der Waals surface area contributed by atoms with E-state index >= 15 is 0 Å². The molecule has 0 aliphatic carbocycles. The number of para-hydroxylation sites is 2. The predicted molar refractivity (Wildman–Crippen MR) is 103 cm³/mol.